The lowest BCUT2D eigenvalue weighted by molar-refractivity contribution is -0.139. The number of aromatic nitrogens is 3. The molecule has 1 aromatic carbocycles. The lowest BCUT2D eigenvalue weighted by Crippen LogP contribution is -2.01. The molecular weight excluding hydrogens is 402 g/mol. The van der Waals surface area contributed by atoms with Gasteiger partial charge in [0, 0.05) is 12.0 Å². The maximum atomic E-state index is 12.0. The molecule has 0 spiro atoms. The number of aryl methyl sites for hydroxylation is 2. The molecule has 0 bridgehead atoms. The van der Waals surface area contributed by atoms with E-state index >= 15 is 0 Å². The molecule has 0 aliphatic carbocycles. The molecule has 0 aliphatic heterocycles. The molecule has 9 nitrogen and oxygen atoms in total. The van der Waals surface area contributed by atoms with E-state index in [2.05, 4.69) is 15.3 Å². The zero-order valence-corrected chi connectivity index (χ0v) is 18.2. The summed E-state index contributed by atoms with van der Waals surface area (Å²) in [6.07, 6.45) is 2.94. The molecule has 3 rings (SSSR count). The largest absolute Gasteiger partial charge is 0.493 e. The quantitative estimate of drug-likeness (QED) is 0.367. The Morgan fingerprint density at radius 3 is 2.58 bits per heavy atom. The summed E-state index contributed by atoms with van der Waals surface area (Å²) in [5, 5.41) is 7.74. The number of nitrogens with zero attached hydrogens (tertiary/aromatic N) is 3. The average Bonchev–Trinajstić information content (AvgIpc) is 3.36. The summed E-state index contributed by atoms with van der Waals surface area (Å²) in [7, 11) is 1.55. The van der Waals surface area contributed by atoms with Gasteiger partial charge in [-0.1, -0.05) is 30.2 Å². The third-order valence-electron chi connectivity index (χ3n) is 4.49. The van der Waals surface area contributed by atoms with E-state index in [1.165, 1.54) is 6.08 Å². The second-order valence-electron chi connectivity index (χ2n) is 7.14. The molecule has 0 unspecified atom stereocenters. The van der Waals surface area contributed by atoms with Crippen LogP contribution in [0.15, 0.2) is 33.3 Å². The van der Waals surface area contributed by atoms with Crippen LogP contribution in [0.1, 0.15) is 54.1 Å². The number of hydrogen-bond donors (Lipinski definition) is 0. The van der Waals surface area contributed by atoms with E-state index in [-0.39, 0.29) is 18.4 Å². The van der Waals surface area contributed by atoms with E-state index in [0.717, 1.165) is 22.6 Å². The molecule has 0 fully saturated rings. The predicted molar refractivity (Wildman–Crippen MR) is 111 cm³/mol. The van der Waals surface area contributed by atoms with Crippen molar-refractivity contribution in [1.82, 2.24) is 15.3 Å². The summed E-state index contributed by atoms with van der Waals surface area (Å²) in [6, 6.07) is 5.34. The summed E-state index contributed by atoms with van der Waals surface area (Å²) >= 11 is 0. The van der Waals surface area contributed by atoms with Gasteiger partial charge in [-0.25, -0.2) is 4.79 Å². The molecule has 0 saturated heterocycles. The van der Waals surface area contributed by atoms with Crippen molar-refractivity contribution in [3.63, 3.8) is 0 Å². The molecule has 0 amide bonds. The summed E-state index contributed by atoms with van der Waals surface area (Å²) in [4.78, 5) is 16.1. The van der Waals surface area contributed by atoms with Crippen LogP contribution < -0.4 is 9.47 Å². The Balaban J connectivity index is 1.58. The predicted octanol–water partition coefficient (Wildman–Crippen LogP) is 4.14. The second-order valence-corrected chi connectivity index (χ2v) is 7.14. The van der Waals surface area contributed by atoms with E-state index in [9.17, 15) is 4.79 Å². The van der Waals surface area contributed by atoms with E-state index < -0.39 is 5.97 Å². The van der Waals surface area contributed by atoms with Crippen molar-refractivity contribution in [3.8, 4) is 11.5 Å². The van der Waals surface area contributed by atoms with E-state index in [0.29, 0.717) is 23.9 Å². The van der Waals surface area contributed by atoms with Crippen LogP contribution in [0, 0.1) is 13.8 Å². The van der Waals surface area contributed by atoms with Crippen molar-refractivity contribution < 1.29 is 28.1 Å². The number of methoxy groups -OCH3 is 1. The molecule has 2 heterocycles. The number of benzene rings is 1. The highest BCUT2D eigenvalue weighted by Gasteiger charge is 2.13. The lowest BCUT2D eigenvalue weighted by atomic mass is 10.2. The fourth-order valence-corrected chi connectivity index (χ4v) is 2.67. The number of rotatable bonds is 9. The van der Waals surface area contributed by atoms with Crippen LogP contribution in [0.25, 0.3) is 6.08 Å². The summed E-state index contributed by atoms with van der Waals surface area (Å²) < 4.78 is 26.6. The Kier molecular flexibility index (Phi) is 7.07. The average molecular weight is 427 g/mol. The van der Waals surface area contributed by atoms with Gasteiger partial charge in [0.25, 0.3) is 5.89 Å². The number of esters is 1. The normalized spacial score (nSPS) is 11.3. The van der Waals surface area contributed by atoms with Crippen molar-refractivity contribution in [1.29, 1.82) is 0 Å². The smallest absolute Gasteiger partial charge is 0.331 e. The van der Waals surface area contributed by atoms with Crippen LogP contribution in [-0.2, 0) is 22.7 Å². The Labute approximate surface area is 180 Å². The topological polar surface area (TPSA) is 110 Å². The zero-order chi connectivity index (χ0) is 22.4. The summed E-state index contributed by atoms with van der Waals surface area (Å²) in [5.74, 6) is 2.27. The van der Waals surface area contributed by atoms with Gasteiger partial charge < -0.3 is 23.3 Å². The van der Waals surface area contributed by atoms with Crippen LogP contribution in [0.4, 0.5) is 0 Å². The molecule has 164 valence electrons. The van der Waals surface area contributed by atoms with Crippen molar-refractivity contribution >= 4 is 12.0 Å². The maximum Gasteiger partial charge on any atom is 0.331 e. The zero-order valence-electron chi connectivity index (χ0n) is 18.2. The first-order valence-electron chi connectivity index (χ1n) is 9.77. The van der Waals surface area contributed by atoms with Gasteiger partial charge in [0.2, 0.25) is 0 Å². The van der Waals surface area contributed by atoms with Crippen LogP contribution in [-0.4, -0.2) is 28.4 Å². The number of carbonyl (C=O) groups is 1. The first kappa shape index (κ1) is 22.1. The summed E-state index contributed by atoms with van der Waals surface area (Å²) in [6.45, 7) is 7.83. The molecule has 3 aromatic rings. The van der Waals surface area contributed by atoms with Crippen molar-refractivity contribution in [2.45, 2.75) is 46.8 Å². The van der Waals surface area contributed by atoms with Gasteiger partial charge in [-0.3, -0.25) is 0 Å². The molecule has 2 aromatic heterocycles. The van der Waals surface area contributed by atoms with Gasteiger partial charge in [0.05, 0.1) is 18.4 Å². The SMILES string of the molecule is COc1cc(/C=C/C(=O)OCc2nc(C(C)C)no2)ccc1OCc1c(C)noc1C. The van der Waals surface area contributed by atoms with Crippen molar-refractivity contribution in [3.05, 3.63) is 58.6 Å². The van der Waals surface area contributed by atoms with Gasteiger partial charge in [0.15, 0.2) is 23.9 Å². The van der Waals surface area contributed by atoms with Crippen molar-refractivity contribution in [2.75, 3.05) is 7.11 Å². The molecule has 0 atom stereocenters. The highest BCUT2D eigenvalue weighted by atomic mass is 16.6. The minimum atomic E-state index is -0.526. The second kappa shape index (κ2) is 9.92. The third-order valence-corrected chi connectivity index (χ3v) is 4.49. The monoisotopic (exact) mass is 427 g/mol. The van der Waals surface area contributed by atoms with Crippen LogP contribution in [0.5, 0.6) is 11.5 Å². The van der Waals surface area contributed by atoms with Gasteiger partial charge in [-0.05, 0) is 37.6 Å². The number of hydrogen-bond acceptors (Lipinski definition) is 9. The highest BCUT2D eigenvalue weighted by molar-refractivity contribution is 5.87. The molecule has 9 heteroatoms. The van der Waals surface area contributed by atoms with Gasteiger partial charge >= 0.3 is 5.97 Å². The maximum absolute atomic E-state index is 12.0. The van der Waals surface area contributed by atoms with E-state index in [1.807, 2.05) is 33.8 Å². The molecule has 0 aliphatic rings. The molecule has 0 saturated carbocycles. The minimum absolute atomic E-state index is 0.0826. The molecule has 31 heavy (non-hydrogen) atoms. The Hall–Kier alpha value is -3.62. The number of ether oxygens (including phenoxy) is 3. The summed E-state index contributed by atoms with van der Waals surface area (Å²) in [5.41, 5.74) is 2.43. The first-order chi connectivity index (χ1) is 14.9. The highest BCUT2D eigenvalue weighted by Crippen LogP contribution is 2.30. The molecular formula is C22H25N3O6. The van der Waals surface area contributed by atoms with E-state index in [4.69, 9.17) is 23.3 Å². The minimum Gasteiger partial charge on any atom is -0.493 e. The van der Waals surface area contributed by atoms with Gasteiger partial charge in [-0.2, -0.15) is 4.98 Å². The van der Waals surface area contributed by atoms with Gasteiger partial charge in [0.1, 0.15) is 12.4 Å². The Bertz CT molecular complexity index is 1050. The lowest BCUT2D eigenvalue weighted by Gasteiger charge is -2.11. The first-order valence-corrected chi connectivity index (χ1v) is 9.77. The number of carbonyl (C=O) groups excluding carboxylic acids is 1. The fraction of sp³-hybridized carbons (Fsp3) is 0.364. The van der Waals surface area contributed by atoms with Gasteiger partial charge in [-0.15, -0.1) is 0 Å². The van der Waals surface area contributed by atoms with Crippen molar-refractivity contribution in [2.24, 2.45) is 0 Å². The van der Waals surface area contributed by atoms with Crippen LogP contribution in [0.3, 0.4) is 0 Å². The fourth-order valence-electron chi connectivity index (χ4n) is 2.67. The molecule has 0 radical (unpaired) electrons. The molecule has 0 N–H and O–H groups in total. The van der Waals surface area contributed by atoms with Crippen LogP contribution in [0.2, 0.25) is 0 Å². The Morgan fingerprint density at radius 2 is 1.94 bits per heavy atom. The Morgan fingerprint density at radius 1 is 1.13 bits per heavy atom. The van der Waals surface area contributed by atoms with Crippen LogP contribution >= 0.6 is 0 Å². The standard InChI is InChI=1S/C22H25N3O6/c1-13(2)22-23-20(31-25-22)12-29-21(26)9-7-16-6-8-18(19(10-16)27-5)28-11-17-14(3)24-30-15(17)4/h6-10,13H,11-12H2,1-5H3/b9-7+. The van der Waals surface area contributed by atoms with E-state index in [1.54, 1.807) is 25.3 Å². The third kappa shape index (κ3) is 5.71.